The Hall–Kier alpha value is -4.57. The maximum absolute atomic E-state index is 6.47. The summed E-state index contributed by atoms with van der Waals surface area (Å²) in [5, 5.41) is 2.36. The van der Waals surface area contributed by atoms with Gasteiger partial charge in [-0.3, -0.25) is 9.98 Å². The Balaban J connectivity index is 1.50. The molecule has 0 amide bonds. The quantitative estimate of drug-likeness (QED) is 0.222. The van der Waals surface area contributed by atoms with E-state index in [9.17, 15) is 0 Å². The molecule has 0 fully saturated rings. The first-order chi connectivity index (χ1) is 18.8. The van der Waals surface area contributed by atoms with E-state index in [4.69, 9.17) is 19.4 Å². The highest BCUT2D eigenvalue weighted by Crippen LogP contribution is 2.39. The SMILES string of the molecule is Cc1ccc(-c2cc(C(C)(C)C)cc3oc(-c4ccccc4N=Cc4cccc5ccccc45)nc23)c(C)n1. The largest absolute Gasteiger partial charge is 0.436 e. The lowest BCUT2D eigenvalue weighted by molar-refractivity contribution is 0.584. The molecule has 0 unspecified atom stereocenters. The van der Waals surface area contributed by atoms with Crippen LogP contribution in [0.4, 0.5) is 5.69 Å². The molecule has 0 aliphatic carbocycles. The molecule has 4 nitrogen and oxygen atoms in total. The third kappa shape index (κ3) is 4.74. The van der Waals surface area contributed by atoms with Gasteiger partial charge in [-0.05, 0) is 65.9 Å². The molecule has 192 valence electrons. The lowest BCUT2D eigenvalue weighted by Gasteiger charge is -2.20. The van der Waals surface area contributed by atoms with Crippen molar-refractivity contribution in [3.8, 4) is 22.6 Å². The van der Waals surface area contributed by atoms with E-state index in [2.05, 4.69) is 94.4 Å². The van der Waals surface area contributed by atoms with Crippen molar-refractivity contribution < 1.29 is 4.42 Å². The fourth-order valence-electron chi connectivity index (χ4n) is 5.02. The van der Waals surface area contributed by atoms with Crippen LogP contribution >= 0.6 is 0 Å². The molecule has 0 bridgehead atoms. The van der Waals surface area contributed by atoms with Crippen molar-refractivity contribution in [3.63, 3.8) is 0 Å². The predicted molar refractivity (Wildman–Crippen MR) is 162 cm³/mol. The van der Waals surface area contributed by atoms with Crippen molar-refractivity contribution >= 4 is 33.8 Å². The monoisotopic (exact) mass is 509 g/mol. The summed E-state index contributed by atoms with van der Waals surface area (Å²) in [5.41, 5.74) is 9.55. The van der Waals surface area contributed by atoms with Crippen LogP contribution in [0.5, 0.6) is 0 Å². The highest BCUT2D eigenvalue weighted by molar-refractivity contribution is 6.01. The molecule has 0 spiro atoms. The lowest BCUT2D eigenvalue weighted by atomic mass is 9.85. The predicted octanol–water partition coefficient (Wildman–Crippen LogP) is 9.37. The van der Waals surface area contributed by atoms with E-state index in [1.54, 1.807) is 0 Å². The van der Waals surface area contributed by atoms with Crippen LogP contribution in [0.25, 0.3) is 44.5 Å². The zero-order valence-electron chi connectivity index (χ0n) is 23.0. The van der Waals surface area contributed by atoms with Gasteiger partial charge in [0.2, 0.25) is 5.89 Å². The number of aryl methyl sites for hydroxylation is 2. The smallest absolute Gasteiger partial charge is 0.229 e. The zero-order chi connectivity index (χ0) is 27.1. The molecule has 2 heterocycles. The minimum atomic E-state index is -0.0530. The average Bonchev–Trinajstić information content (AvgIpc) is 3.35. The Morgan fingerprint density at radius 3 is 2.33 bits per heavy atom. The molecule has 0 saturated heterocycles. The zero-order valence-corrected chi connectivity index (χ0v) is 23.0. The molecule has 0 saturated carbocycles. The van der Waals surface area contributed by atoms with Gasteiger partial charge in [-0.25, -0.2) is 4.98 Å². The summed E-state index contributed by atoms with van der Waals surface area (Å²) < 4.78 is 6.47. The Bertz CT molecular complexity index is 1870. The van der Waals surface area contributed by atoms with E-state index in [0.717, 1.165) is 50.4 Å². The van der Waals surface area contributed by atoms with E-state index in [1.807, 2.05) is 37.4 Å². The summed E-state index contributed by atoms with van der Waals surface area (Å²) in [6, 6.07) is 31.2. The number of hydrogen-bond acceptors (Lipinski definition) is 4. The van der Waals surface area contributed by atoms with Crippen LogP contribution in [0.15, 0.2) is 100 Å². The molecule has 0 N–H and O–H groups in total. The summed E-state index contributed by atoms with van der Waals surface area (Å²) in [4.78, 5) is 14.7. The molecule has 6 rings (SSSR count). The standard InChI is InChI=1S/C35H31N3O/c1-22-17-18-27(23(2)37-22)30-19-26(35(3,4)5)20-32-33(30)38-34(39-32)29-15-8-9-16-31(29)36-21-25-13-10-12-24-11-6-7-14-28(24)25/h6-21H,1-5H3. The minimum absolute atomic E-state index is 0.0530. The molecule has 0 aliphatic rings. The van der Waals surface area contributed by atoms with Crippen LogP contribution in [0, 0.1) is 13.8 Å². The average molecular weight is 510 g/mol. The number of benzene rings is 4. The second-order valence-electron chi connectivity index (χ2n) is 11.1. The number of fused-ring (bicyclic) bond motifs is 2. The van der Waals surface area contributed by atoms with Crippen LogP contribution < -0.4 is 0 Å². The van der Waals surface area contributed by atoms with Crippen LogP contribution in [0.1, 0.15) is 43.3 Å². The van der Waals surface area contributed by atoms with Gasteiger partial charge in [-0.2, -0.15) is 0 Å². The van der Waals surface area contributed by atoms with Gasteiger partial charge in [0.25, 0.3) is 0 Å². The van der Waals surface area contributed by atoms with Crippen molar-refractivity contribution in [1.29, 1.82) is 0 Å². The maximum Gasteiger partial charge on any atom is 0.229 e. The Labute approximate surface area is 229 Å². The molecular weight excluding hydrogens is 478 g/mol. The number of hydrogen-bond donors (Lipinski definition) is 0. The number of aromatic nitrogens is 2. The van der Waals surface area contributed by atoms with Gasteiger partial charge in [0.1, 0.15) is 5.52 Å². The normalized spacial score (nSPS) is 12.1. The van der Waals surface area contributed by atoms with Crippen LogP contribution in [0.2, 0.25) is 0 Å². The third-order valence-electron chi connectivity index (χ3n) is 7.18. The Kier molecular flexibility index (Phi) is 6.11. The van der Waals surface area contributed by atoms with E-state index in [0.29, 0.717) is 5.89 Å². The number of rotatable bonds is 4. The topological polar surface area (TPSA) is 51.3 Å². The molecule has 0 aliphatic heterocycles. The summed E-state index contributed by atoms with van der Waals surface area (Å²) in [6.45, 7) is 10.7. The molecule has 2 aromatic heterocycles. The van der Waals surface area contributed by atoms with Gasteiger partial charge in [-0.1, -0.05) is 81.4 Å². The number of nitrogens with zero attached hydrogens (tertiary/aromatic N) is 3. The van der Waals surface area contributed by atoms with Gasteiger partial charge in [0.05, 0.1) is 11.3 Å². The Morgan fingerprint density at radius 2 is 1.51 bits per heavy atom. The van der Waals surface area contributed by atoms with E-state index >= 15 is 0 Å². The first-order valence-corrected chi connectivity index (χ1v) is 13.3. The molecule has 4 aromatic carbocycles. The van der Waals surface area contributed by atoms with Crippen molar-refractivity contribution in [3.05, 3.63) is 114 Å². The second kappa shape index (κ2) is 9.63. The number of aliphatic imine (C=N–C) groups is 1. The second-order valence-corrected chi connectivity index (χ2v) is 11.1. The van der Waals surface area contributed by atoms with E-state index in [-0.39, 0.29) is 5.41 Å². The first kappa shape index (κ1) is 24.7. The summed E-state index contributed by atoms with van der Waals surface area (Å²) >= 11 is 0. The van der Waals surface area contributed by atoms with Crippen LogP contribution in [0.3, 0.4) is 0 Å². The highest BCUT2D eigenvalue weighted by atomic mass is 16.3. The van der Waals surface area contributed by atoms with Gasteiger partial charge in [0.15, 0.2) is 5.58 Å². The van der Waals surface area contributed by atoms with Crippen LogP contribution in [-0.2, 0) is 5.41 Å². The molecule has 39 heavy (non-hydrogen) atoms. The summed E-state index contributed by atoms with van der Waals surface area (Å²) in [6.07, 6.45) is 1.92. The number of para-hydroxylation sites is 1. The van der Waals surface area contributed by atoms with Gasteiger partial charge >= 0.3 is 0 Å². The highest BCUT2D eigenvalue weighted by Gasteiger charge is 2.22. The fraction of sp³-hybridized carbons (Fsp3) is 0.171. The number of oxazole rings is 1. The molecule has 0 atom stereocenters. The third-order valence-corrected chi connectivity index (χ3v) is 7.18. The van der Waals surface area contributed by atoms with E-state index < -0.39 is 0 Å². The molecular formula is C35H31N3O. The molecule has 6 aromatic rings. The van der Waals surface area contributed by atoms with Crippen molar-refractivity contribution in [2.24, 2.45) is 4.99 Å². The van der Waals surface area contributed by atoms with Crippen LogP contribution in [-0.4, -0.2) is 16.2 Å². The summed E-state index contributed by atoms with van der Waals surface area (Å²) in [7, 11) is 0. The van der Waals surface area contributed by atoms with Crippen molar-refractivity contribution in [1.82, 2.24) is 9.97 Å². The molecule has 0 radical (unpaired) electrons. The van der Waals surface area contributed by atoms with Gasteiger partial charge < -0.3 is 4.42 Å². The molecule has 4 heteroatoms. The maximum atomic E-state index is 6.47. The Morgan fingerprint density at radius 1 is 0.744 bits per heavy atom. The first-order valence-electron chi connectivity index (χ1n) is 13.3. The van der Waals surface area contributed by atoms with Gasteiger partial charge in [-0.15, -0.1) is 0 Å². The minimum Gasteiger partial charge on any atom is -0.436 e. The van der Waals surface area contributed by atoms with E-state index in [1.165, 1.54) is 16.3 Å². The fourth-order valence-corrected chi connectivity index (χ4v) is 5.02. The van der Waals surface area contributed by atoms with Crippen molar-refractivity contribution in [2.75, 3.05) is 0 Å². The lowest BCUT2D eigenvalue weighted by Crippen LogP contribution is -2.11. The summed E-state index contributed by atoms with van der Waals surface area (Å²) in [5.74, 6) is 0.556. The van der Waals surface area contributed by atoms with Gasteiger partial charge in [0, 0.05) is 34.3 Å². The number of pyridine rings is 1. The van der Waals surface area contributed by atoms with Crippen molar-refractivity contribution in [2.45, 2.75) is 40.0 Å².